The average molecular weight is 398 g/mol. The standard InChI is InChI=1S/C22H23O5P/c23-22(24)16-19-10-2-4-14-21(19)27-28(25,26)15-6-5-9-18-12-7-11-17-8-1-3-13-20(17)18/h1-4,7-8,10-14H,5-6,9,15-16H2,(H,23,24)(H,25,26). The van der Waals surface area contributed by atoms with Crippen LogP contribution in [0.2, 0.25) is 0 Å². The van der Waals surface area contributed by atoms with E-state index in [0.29, 0.717) is 12.0 Å². The van der Waals surface area contributed by atoms with Crippen molar-refractivity contribution >= 4 is 24.3 Å². The lowest BCUT2D eigenvalue weighted by atomic mass is 10.0. The molecule has 2 N–H and O–H groups in total. The second-order valence-corrected chi connectivity index (χ2v) is 8.63. The number of hydrogen-bond donors (Lipinski definition) is 2. The molecule has 3 aromatic rings. The summed E-state index contributed by atoms with van der Waals surface area (Å²) in [4.78, 5) is 21.1. The van der Waals surface area contributed by atoms with Crippen LogP contribution in [0.1, 0.15) is 24.0 Å². The van der Waals surface area contributed by atoms with Crippen LogP contribution in [0, 0.1) is 0 Å². The average Bonchev–Trinajstić information content (AvgIpc) is 2.66. The SMILES string of the molecule is O=C(O)Cc1ccccc1OP(=O)(O)CCCCc1cccc2ccccc12. The van der Waals surface area contributed by atoms with Gasteiger partial charge in [-0.3, -0.25) is 4.79 Å². The smallest absolute Gasteiger partial charge is 0.376 e. The van der Waals surface area contributed by atoms with Crippen LogP contribution >= 0.6 is 7.60 Å². The Balaban J connectivity index is 1.57. The quantitative estimate of drug-likeness (QED) is 0.389. The Morgan fingerprint density at radius 1 is 0.893 bits per heavy atom. The fourth-order valence-electron chi connectivity index (χ4n) is 3.24. The van der Waals surface area contributed by atoms with Crippen LogP contribution in [0.5, 0.6) is 5.75 Å². The highest BCUT2D eigenvalue weighted by molar-refractivity contribution is 7.53. The summed E-state index contributed by atoms with van der Waals surface area (Å²) >= 11 is 0. The number of aliphatic carboxylic acids is 1. The van der Waals surface area contributed by atoms with E-state index in [2.05, 4.69) is 24.3 Å². The molecule has 1 atom stereocenters. The van der Waals surface area contributed by atoms with E-state index in [9.17, 15) is 14.3 Å². The van der Waals surface area contributed by atoms with E-state index in [0.717, 1.165) is 12.8 Å². The van der Waals surface area contributed by atoms with Crippen LogP contribution in [0.25, 0.3) is 10.8 Å². The Morgan fingerprint density at radius 2 is 1.57 bits per heavy atom. The lowest BCUT2D eigenvalue weighted by Gasteiger charge is -2.16. The topological polar surface area (TPSA) is 83.8 Å². The molecule has 6 heteroatoms. The first-order chi connectivity index (χ1) is 13.4. The van der Waals surface area contributed by atoms with Crippen LogP contribution in [-0.2, 0) is 22.2 Å². The van der Waals surface area contributed by atoms with E-state index in [1.165, 1.54) is 22.4 Å². The summed E-state index contributed by atoms with van der Waals surface area (Å²) < 4.78 is 17.7. The molecular formula is C22H23O5P. The Kier molecular flexibility index (Phi) is 6.50. The minimum atomic E-state index is -3.85. The zero-order chi connectivity index (χ0) is 20.0. The van der Waals surface area contributed by atoms with Gasteiger partial charge in [-0.05, 0) is 41.7 Å². The van der Waals surface area contributed by atoms with Gasteiger partial charge in [0, 0.05) is 5.56 Å². The Morgan fingerprint density at radius 3 is 2.39 bits per heavy atom. The largest absolute Gasteiger partial charge is 0.481 e. The molecule has 146 valence electrons. The van der Waals surface area contributed by atoms with Gasteiger partial charge in [0.1, 0.15) is 5.75 Å². The first-order valence-corrected chi connectivity index (χ1v) is 11.0. The Labute approximate surface area is 164 Å². The molecule has 28 heavy (non-hydrogen) atoms. The number of benzene rings is 3. The first-order valence-electron chi connectivity index (χ1n) is 9.22. The van der Waals surface area contributed by atoms with Gasteiger partial charge in [-0.15, -0.1) is 0 Å². The van der Waals surface area contributed by atoms with Gasteiger partial charge in [0.25, 0.3) is 0 Å². The molecule has 0 aromatic heterocycles. The minimum Gasteiger partial charge on any atom is -0.481 e. The monoisotopic (exact) mass is 398 g/mol. The third-order valence-electron chi connectivity index (χ3n) is 4.57. The molecule has 0 saturated heterocycles. The summed E-state index contributed by atoms with van der Waals surface area (Å²) in [7, 11) is -3.85. The van der Waals surface area contributed by atoms with Crippen molar-refractivity contribution < 1.29 is 23.9 Å². The molecule has 0 spiro atoms. The van der Waals surface area contributed by atoms with Gasteiger partial charge in [-0.25, -0.2) is 4.57 Å². The number of carboxylic acids is 1. The van der Waals surface area contributed by atoms with Crippen molar-refractivity contribution in [1.82, 2.24) is 0 Å². The van der Waals surface area contributed by atoms with Crippen molar-refractivity contribution in [2.45, 2.75) is 25.7 Å². The lowest BCUT2D eigenvalue weighted by molar-refractivity contribution is -0.136. The molecular weight excluding hydrogens is 375 g/mol. The molecule has 0 saturated carbocycles. The van der Waals surface area contributed by atoms with Crippen molar-refractivity contribution in [1.29, 1.82) is 0 Å². The lowest BCUT2D eigenvalue weighted by Crippen LogP contribution is -2.04. The van der Waals surface area contributed by atoms with Gasteiger partial charge in [-0.1, -0.05) is 60.7 Å². The van der Waals surface area contributed by atoms with E-state index < -0.39 is 13.6 Å². The van der Waals surface area contributed by atoms with Gasteiger partial charge >= 0.3 is 13.6 Å². The molecule has 0 bridgehead atoms. The van der Waals surface area contributed by atoms with Crippen LogP contribution < -0.4 is 4.52 Å². The zero-order valence-corrected chi connectivity index (χ0v) is 16.3. The van der Waals surface area contributed by atoms with Crippen LogP contribution in [0.4, 0.5) is 0 Å². The van der Waals surface area contributed by atoms with E-state index in [1.54, 1.807) is 18.2 Å². The third-order valence-corrected chi connectivity index (χ3v) is 5.94. The number of rotatable bonds is 9. The van der Waals surface area contributed by atoms with Gasteiger partial charge in [0.05, 0.1) is 12.6 Å². The van der Waals surface area contributed by atoms with Gasteiger partial charge in [0.15, 0.2) is 0 Å². The Bertz CT molecular complexity index is 1010. The predicted molar refractivity (Wildman–Crippen MR) is 110 cm³/mol. The number of fused-ring (bicyclic) bond motifs is 1. The third kappa shape index (κ3) is 5.44. The summed E-state index contributed by atoms with van der Waals surface area (Å²) in [5.74, 6) is -0.858. The predicted octanol–water partition coefficient (Wildman–Crippen LogP) is 5.05. The first kappa shape index (κ1) is 20.1. The number of carboxylic acid groups (broad SMARTS) is 1. The van der Waals surface area contributed by atoms with Crippen molar-refractivity contribution in [2.24, 2.45) is 0 Å². The fraction of sp³-hybridized carbons (Fsp3) is 0.227. The molecule has 1 unspecified atom stereocenters. The molecule has 0 amide bonds. The second-order valence-electron chi connectivity index (χ2n) is 6.73. The molecule has 0 aliphatic rings. The maximum atomic E-state index is 12.4. The summed E-state index contributed by atoms with van der Waals surface area (Å²) in [5, 5.41) is 11.4. The van der Waals surface area contributed by atoms with Crippen molar-refractivity contribution in [3.8, 4) is 5.75 Å². The highest BCUT2D eigenvalue weighted by Gasteiger charge is 2.22. The summed E-state index contributed by atoms with van der Waals surface area (Å²) in [6.45, 7) is 0. The minimum absolute atomic E-state index is 0.0270. The number of hydrogen-bond acceptors (Lipinski definition) is 3. The van der Waals surface area contributed by atoms with Crippen LogP contribution in [0.15, 0.2) is 66.7 Å². The van der Waals surface area contributed by atoms with E-state index in [4.69, 9.17) is 9.63 Å². The van der Waals surface area contributed by atoms with Gasteiger partial charge in [-0.2, -0.15) is 0 Å². The number of carbonyl (C=O) groups is 1. The molecule has 5 nitrogen and oxygen atoms in total. The van der Waals surface area contributed by atoms with Crippen molar-refractivity contribution in [3.05, 3.63) is 77.9 Å². The van der Waals surface area contributed by atoms with Crippen LogP contribution in [-0.4, -0.2) is 22.1 Å². The highest BCUT2D eigenvalue weighted by Crippen LogP contribution is 2.44. The molecule has 3 rings (SSSR count). The van der Waals surface area contributed by atoms with Crippen LogP contribution in [0.3, 0.4) is 0 Å². The Hall–Kier alpha value is -2.62. The molecule has 3 aromatic carbocycles. The zero-order valence-electron chi connectivity index (χ0n) is 15.5. The fourth-order valence-corrected chi connectivity index (χ4v) is 4.44. The second kappa shape index (κ2) is 9.05. The summed E-state index contributed by atoms with van der Waals surface area (Å²) in [6.07, 6.45) is 1.89. The van der Waals surface area contributed by atoms with Gasteiger partial charge in [0.2, 0.25) is 0 Å². The number of para-hydroxylation sites is 1. The van der Waals surface area contributed by atoms with Crippen molar-refractivity contribution in [2.75, 3.05) is 6.16 Å². The normalized spacial score (nSPS) is 13.2. The highest BCUT2D eigenvalue weighted by atomic mass is 31.2. The molecule has 0 aliphatic heterocycles. The molecule has 0 heterocycles. The van der Waals surface area contributed by atoms with Gasteiger partial charge < -0.3 is 14.5 Å². The van der Waals surface area contributed by atoms with E-state index in [1.807, 2.05) is 18.2 Å². The summed E-state index contributed by atoms with van der Waals surface area (Å²) in [6, 6.07) is 20.8. The van der Waals surface area contributed by atoms with E-state index in [-0.39, 0.29) is 18.3 Å². The molecule has 0 radical (unpaired) electrons. The summed E-state index contributed by atoms with van der Waals surface area (Å²) in [5.41, 5.74) is 1.61. The number of aryl methyl sites for hydroxylation is 1. The maximum Gasteiger partial charge on any atom is 0.376 e. The number of unbranched alkanes of at least 4 members (excludes halogenated alkanes) is 1. The molecule has 0 fully saturated rings. The maximum absolute atomic E-state index is 12.4. The molecule has 0 aliphatic carbocycles. The van der Waals surface area contributed by atoms with E-state index >= 15 is 0 Å². The van der Waals surface area contributed by atoms with Crippen molar-refractivity contribution in [3.63, 3.8) is 0 Å².